The molecule has 2 heterocycles. The molecule has 1 aromatic rings. The van der Waals surface area contributed by atoms with Crippen molar-refractivity contribution in [2.45, 2.75) is 25.6 Å². The van der Waals surface area contributed by atoms with Crippen molar-refractivity contribution >= 4 is 0 Å². The molecule has 17 heavy (non-hydrogen) atoms. The average molecular weight is 233 g/mol. The number of rotatable bonds is 2. The minimum absolute atomic E-state index is 0.106. The van der Waals surface area contributed by atoms with Crippen LogP contribution in [0, 0.1) is 11.8 Å². The van der Waals surface area contributed by atoms with E-state index in [1.807, 2.05) is 0 Å². The minimum atomic E-state index is -0.106. The third-order valence-corrected chi connectivity index (χ3v) is 2.44. The van der Waals surface area contributed by atoms with Crippen molar-refractivity contribution in [3.8, 4) is 17.6 Å². The normalized spacial score (nSPS) is 19.4. The first-order valence-electron chi connectivity index (χ1n) is 5.72. The molecule has 1 aliphatic rings. The van der Waals surface area contributed by atoms with Crippen LogP contribution in [0.1, 0.15) is 25.0 Å². The molecule has 0 spiro atoms. The highest BCUT2D eigenvalue weighted by atomic mass is 16.7. The third-order valence-electron chi connectivity index (χ3n) is 2.44. The first-order valence-corrected chi connectivity index (χ1v) is 5.72. The minimum Gasteiger partial charge on any atom is -0.506 e. The second-order valence-corrected chi connectivity index (χ2v) is 3.81. The van der Waals surface area contributed by atoms with Crippen molar-refractivity contribution in [3.63, 3.8) is 0 Å². The lowest BCUT2D eigenvalue weighted by Crippen LogP contribution is -2.22. The van der Waals surface area contributed by atoms with E-state index in [4.69, 9.17) is 14.6 Å². The predicted octanol–water partition coefficient (Wildman–Crippen LogP) is 1.68. The topological polar surface area (TPSA) is 51.6 Å². The molecule has 0 saturated carbocycles. The van der Waals surface area contributed by atoms with Crippen LogP contribution in [0.3, 0.4) is 0 Å². The second-order valence-electron chi connectivity index (χ2n) is 3.81. The molecule has 1 aliphatic heterocycles. The fourth-order valence-corrected chi connectivity index (χ4v) is 1.56. The van der Waals surface area contributed by atoms with Crippen LogP contribution in [0.4, 0.5) is 0 Å². The maximum Gasteiger partial charge on any atom is 0.158 e. The molecule has 1 fully saturated rings. The van der Waals surface area contributed by atoms with E-state index < -0.39 is 0 Å². The summed E-state index contributed by atoms with van der Waals surface area (Å²) in [6.45, 7) is 1.12. The van der Waals surface area contributed by atoms with Crippen LogP contribution < -0.4 is 0 Å². The van der Waals surface area contributed by atoms with Gasteiger partial charge in [0.1, 0.15) is 18.1 Å². The van der Waals surface area contributed by atoms with Gasteiger partial charge in [-0.1, -0.05) is 5.92 Å². The lowest BCUT2D eigenvalue weighted by molar-refractivity contribution is -0.154. The largest absolute Gasteiger partial charge is 0.506 e. The molecule has 4 nitrogen and oxygen atoms in total. The molecule has 1 saturated heterocycles. The Hall–Kier alpha value is -1.57. The molecular formula is C13H15NO3. The van der Waals surface area contributed by atoms with Gasteiger partial charge < -0.3 is 14.6 Å². The number of aromatic nitrogens is 1. The fourth-order valence-electron chi connectivity index (χ4n) is 1.56. The molecule has 0 aliphatic carbocycles. The van der Waals surface area contributed by atoms with Gasteiger partial charge in [-0.25, -0.2) is 4.98 Å². The molecule has 0 aromatic carbocycles. The van der Waals surface area contributed by atoms with Crippen molar-refractivity contribution in [1.29, 1.82) is 0 Å². The molecule has 1 aromatic heterocycles. The standard InChI is InChI=1S/C13H15NO3/c15-12-7-6-11(14-10-12)4-3-9-17-13-5-1-2-8-16-13/h6-7,10,13,15H,1-2,5,8-9H2. The summed E-state index contributed by atoms with van der Waals surface area (Å²) in [5.74, 6) is 5.87. The number of hydrogen-bond donors (Lipinski definition) is 1. The van der Waals surface area contributed by atoms with Crippen LogP contribution in [0.15, 0.2) is 18.3 Å². The summed E-state index contributed by atoms with van der Waals surface area (Å²) in [4.78, 5) is 3.95. The van der Waals surface area contributed by atoms with Gasteiger partial charge in [-0.2, -0.15) is 0 Å². The second kappa shape index (κ2) is 6.24. The molecule has 1 unspecified atom stereocenters. The van der Waals surface area contributed by atoms with Crippen LogP contribution in [0.25, 0.3) is 0 Å². The smallest absolute Gasteiger partial charge is 0.158 e. The van der Waals surface area contributed by atoms with Gasteiger partial charge in [-0.3, -0.25) is 0 Å². The van der Waals surface area contributed by atoms with Gasteiger partial charge in [0.25, 0.3) is 0 Å². The van der Waals surface area contributed by atoms with Gasteiger partial charge in [-0.05, 0) is 37.3 Å². The van der Waals surface area contributed by atoms with Gasteiger partial charge >= 0.3 is 0 Å². The molecule has 90 valence electrons. The summed E-state index contributed by atoms with van der Waals surface area (Å²) in [5, 5.41) is 9.05. The number of aromatic hydroxyl groups is 1. The van der Waals surface area contributed by atoms with E-state index in [2.05, 4.69) is 16.8 Å². The Morgan fingerprint density at radius 3 is 3.12 bits per heavy atom. The Kier molecular flexibility index (Phi) is 4.37. The van der Waals surface area contributed by atoms with Crippen LogP contribution in [0.2, 0.25) is 0 Å². The Bertz CT molecular complexity index is 399. The van der Waals surface area contributed by atoms with E-state index in [-0.39, 0.29) is 12.0 Å². The van der Waals surface area contributed by atoms with E-state index in [9.17, 15) is 0 Å². The maximum absolute atomic E-state index is 9.05. The maximum atomic E-state index is 9.05. The van der Waals surface area contributed by atoms with Crippen molar-refractivity contribution in [3.05, 3.63) is 24.0 Å². The zero-order valence-corrected chi connectivity index (χ0v) is 9.56. The van der Waals surface area contributed by atoms with Crippen molar-refractivity contribution < 1.29 is 14.6 Å². The van der Waals surface area contributed by atoms with Crippen molar-refractivity contribution in [2.24, 2.45) is 0 Å². The molecule has 0 bridgehead atoms. The van der Waals surface area contributed by atoms with Crippen molar-refractivity contribution in [1.82, 2.24) is 4.98 Å². The Morgan fingerprint density at radius 2 is 2.41 bits per heavy atom. The number of ether oxygens (including phenoxy) is 2. The summed E-state index contributed by atoms with van der Waals surface area (Å²) in [6, 6.07) is 3.22. The molecular weight excluding hydrogens is 218 g/mol. The average Bonchev–Trinajstić information content (AvgIpc) is 2.38. The monoisotopic (exact) mass is 233 g/mol. The molecule has 0 amide bonds. The Labute approximate surface area is 101 Å². The van der Waals surface area contributed by atoms with Crippen LogP contribution >= 0.6 is 0 Å². The van der Waals surface area contributed by atoms with Crippen LogP contribution in [-0.4, -0.2) is 29.6 Å². The Morgan fingerprint density at radius 1 is 1.47 bits per heavy atom. The lowest BCUT2D eigenvalue weighted by Gasteiger charge is -2.21. The summed E-state index contributed by atoms with van der Waals surface area (Å²) in [6.07, 6.45) is 4.47. The molecule has 1 atom stereocenters. The third kappa shape index (κ3) is 4.06. The van der Waals surface area contributed by atoms with E-state index in [0.29, 0.717) is 12.3 Å². The summed E-state index contributed by atoms with van der Waals surface area (Å²) in [5.41, 5.74) is 0.621. The fraction of sp³-hybridized carbons (Fsp3) is 0.462. The zero-order valence-electron chi connectivity index (χ0n) is 9.56. The first kappa shape index (κ1) is 11.9. The van der Waals surface area contributed by atoms with Gasteiger partial charge in [0.2, 0.25) is 0 Å². The predicted molar refractivity (Wildman–Crippen MR) is 62.3 cm³/mol. The quantitative estimate of drug-likeness (QED) is 0.790. The van der Waals surface area contributed by atoms with Gasteiger partial charge in [-0.15, -0.1) is 0 Å². The van der Waals surface area contributed by atoms with Crippen molar-refractivity contribution in [2.75, 3.05) is 13.2 Å². The first-order chi connectivity index (χ1) is 8.34. The highest BCUT2D eigenvalue weighted by molar-refractivity contribution is 5.30. The zero-order chi connectivity index (χ0) is 11.9. The van der Waals surface area contributed by atoms with Crippen LogP contribution in [-0.2, 0) is 9.47 Å². The summed E-state index contributed by atoms with van der Waals surface area (Å²) < 4.78 is 10.9. The summed E-state index contributed by atoms with van der Waals surface area (Å²) >= 11 is 0. The highest BCUT2D eigenvalue weighted by Crippen LogP contribution is 2.13. The van der Waals surface area contributed by atoms with E-state index in [1.165, 1.54) is 6.20 Å². The SMILES string of the molecule is Oc1ccc(C#CCOC2CCCCO2)nc1. The molecule has 2 rings (SSSR count). The lowest BCUT2D eigenvalue weighted by atomic mass is 10.2. The van der Waals surface area contributed by atoms with E-state index in [1.54, 1.807) is 12.1 Å². The summed E-state index contributed by atoms with van der Waals surface area (Å²) in [7, 11) is 0. The van der Waals surface area contributed by atoms with Gasteiger partial charge in [0, 0.05) is 6.61 Å². The number of pyridine rings is 1. The van der Waals surface area contributed by atoms with Crippen LogP contribution in [0.5, 0.6) is 5.75 Å². The molecule has 4 heteroatoms. The molecule has 0 radical (unpaired) electrons. The van der Waals surface area contributed by atoms with Gasteiger partial charge in [0.05, 0.1) is 6.20 Å². The van der Waals surface area contributed by atoms with Gasteiger partial charge in [0.15, 0.2) is 6.29 Å². The van der Waals surface area contributed by atoms with E-state index >= 15 is 0 Å². The Balaban J connectivity index is 1.76. The molecule has 1 N–H and O–H groups in total. The highest BCUT2D eigenvalue weighted by Gasteiger charge is 2.12. The number of hydrogen-bond acceptors (Lipinski definition) is 4. The van der Waals surface area contributed by atoms with E-state index in [0.717, 1.165) is 25.9 Å². The number of nitrogens with zero attached hydrogens (tertiary/aromatic N) is 1.